The zero-order valence-electron chi connectivity index (χ0n) is 17.5. The third-order valence-corrected chi connectivity index (χ3v) is 6.32. The number of carbonyl (C=O) groups is 2. The van der Waals surface area contributed by atoms with Crippen molar-refractivity contribution < 1.29 is 14.3 Å². The predicted octanol–water partition coefficient (Wildman–Crippen LogP) is 3.56. The van der Waals surface area contributed by atoms with Crippen LogP contribution in [0, 0.1) is 5.92 Å². The second-order valence-corrected chi connectivity index (χ2v) is 8.21. The number of benzene rings is 1. The van der Waals surface area contributed by atoms with E-state index in [-0.39, 0.29) is 17.9 Å². The molecule has 4 rings (SSSR count). The highest BCUT2D eigenvalue weighted by atomic mass is 16.5. The SMILES string of the molecule is COC(C(=O)Nc1ccnn1C1CCN(C(=O)C2CCCC2)CC1)c1ccccc1. The number of carbonyl (C=O) groups excluding carboxylic acids is 2. The second-order valence-electron chi connectivity index (χ2n) is 8.21. The standard InChI is InChI=1S/C23H30N4O3/c1-30-21(17-7-3-2-4-8-17)22(28)25-20-11-14-24-27(20)19-12-15-26(16-13-19)23(29)18-9-5-6-10-18/h2-4,7-8,11,14,18-19,21H,5-6,9-10,12-13,15-16H2,1H3,(H,25,28). The van der Waals surface area contributed by atoms with Crippen molar-refractivity contribution in [3.05, 3.63) is 48.2 Å². The van der Waals surface area contributed by atoms with Crippen LogP contribution >= 0.6 is 0 Å². The van der Waals surface area contributed by atoms with E-state index in [1.165, 1.54) is 20.0 Å². The molecule has 1 saturated carbocycles. The fourth-order valence-electron chi connectivity index (χ4n) is 4.68. The average Bonchev–Trinajstić information content (AvgIpc) is 3.47. The Morgan fingerprint density at radius 1 is 1.07 bits per heavy atom. The molecule has 1 aliphatic heterocycles. The van der Waals surface area contributed by atoms with Gasteiger partial charge in [-0.1, -0.05) is 43.2 Å². The van der Waals surface area contributed by atoms with Crippen molar-refractivity contribution in [3.63, 3.8) is 0 Å². The number of nitrogens with zero attached hydrogens (tertiary/aromatic N) is 3. The number of likely N-dealkylation sites (tertiary alicyclic amines) is 1. The number of hydrogen-bond donors (Lipinski definition) is 1. The molecule has 2 heterocycles. The van der Waals surface area contributed by atoms with Crippen molar-refractivity contribution in [2.24, 2.45) is 5.92 Å². The Hall–Kier alpha value is -2.67. The van der Waals surface area contributed by atoms with Gasteiger partial charge in [-0.15, -0.1) is 0 Å². The summed E-state index contributed by atoms with van der Waals surface area (Å²) in [6.07, 6.45) is 7.14. The number of rotatable bonds is 6. The van der Waals surface area contributed by atoms with Crippen LogP contribution in [0.2, 0.25) is 0 Å². The summed E-state index contributed by atoms with van der Waals surface area (Å²) in [4.78, 5) is 27.5. The molecule has 7 nitrogen and oxygen atoms in total. The Bertz CT molecular complexity index is 852. The molecule has 2 amide bonds. The lowest BCUT2D eigenvalue weighted by Crippen LogP contribution is -2.42. The summed E-state index contributed by atoms with van der Waals surface area (Å²) in [6.45, 7) is 1.50. The number of piperidine rings is 1. The van der Waals surface area contributed by atoms with Crippen LogP contribution in [-0.4, -0.2) is 46.7 Å². The Morgan fingerprint density at radius 2 is 1.77 bits per heavy atom. The molecular formula is C23H30N4O3. The number of aromatic nitrogens is 2. The van der Waals surface area contributed by atoms with Crippen molar-refractivity contribution in [3.8, 4) is 0 Å². The highest BCUT2D eigenvalue weighted by Crippen LogP contribution is 2.31. The molecule has 2 aliphatic rings. The maximum atomic E-state index is 12.8. The van der Waals surface area contributed by atoms with Gasteiger partial charge >= 0.3 is 0 Å². The lowest BCUT2D eigenvalue weighted by molar-refractivity contribution is -0.136. The number of nitrogens with one attached hydrogen (secondary N) is 1. The van der Waals surface area contributed by atoms with Crippen molar-refractivity contribution in [1.82, 2.24) is 14.7 Å². The molecule has 1 unspecified atom stereocenters. The Labute approximate surface area is 177 Å². The third-order valence-electron chi connectivity index (χ3n) is 6.32. The number of anilines is 1. The number of hydrogen-bond acceptors (Lipinski definition) is 4. The maximum absolute atomic E-state index is 12.8. The minimum atomic E-state index is -0.680. The molecule has 1 N–H and O–H groups in total. The second kappa shape index (κ2) is 9.43. The summed E-state index contributed by atoms with van der Waals surface area (Å²) in [5.41, 5.74) is 0.808. The van der Waals surface area contributed by atoms with Crippen molar-refractivity contribution >= 4 is 17.6 Å². The normalized spacial score (nSPS) is 19.0. The Morgan fingerprint density at radius 3 is 2.43 bits per heavy atom. The molecule has 160 valence electrons. The quantitative estimate of drug-likeness (QED) is 0.790. The molecule has 2 aromatic rings. The number of methoxy groups -OCH3 is 1. The summed E-state index contributed by atoms with van der Waals surface area (Å²) in [5.74, 6) is 0.994. The fourth-order valence-corrected chi connectivity index (χ4v) is 4.68. The molecular weight excluding hydrogens is 380 g/mol. The lowest BCUT2D eigenvalue weighted by Gasteiger charge is -2.34. The van der Waals surface area contributed by atoms with Gasteiger partial charge in [-0.05, 0) is 31.2 Å². The van der Waals surface area contributed by atoms with Crippen molar-refractivity contribution in [2.45, 2.75) is 50.7 Å². The minimum Gasteiger partial charge on any atom is -0.367 e. The van der Waals surface area contributed by atoms with Crippen molar-refractivity contribution in [1.29, 1.82) is 0 Å². The molecule has 0 bridgehead atoms. The van der Waals surface area contributed by atoms with E-state index in [1.54, 1.807) is 6.20 Å². The van der Waals surface area contributed by atoms with Crippen LogP contribution in [0.3, 0.4) is 0 Å². The molecule has 0 radical (unpaired) electrons. The molecule has 1 saturated heterocycles. The van der Waals surface area contributed by atoms with E-state index in [0.29, 0.717) is 11.7 Å². The van der Waals surface area contributed by atoms with Crippen LogP contribution in [-0.2, 0) is 14.3 Å². The first kappa shape index (κ1) is 20.6. The summed E-state index contributed by atoms with van der Waals surface area (Å²) < 4.78 is 7.32. The Kier molecular flexibility index (Phi) is 6.47. The van der Waals surface area contributed by atoms with Crippen LogP contribution in [0.1, 0.15) is 56.2 Å². The van der Waals surface area contributed by atoms with Gasteiger partial charge in [0, 0.05) is 32.2 Å². The first-order chi connectivity index (χ1) is 14.7. The lowest BCUT2D eigenvalue weighted by atomic mass is 10.0. The molecule has 1 aromatic carbocycles. The summed E-state index contributed by atoms with van der Waals surface area (Å²) in [6, 6.07) is 11.4. The first-order valence-electron chi connectivity index (χ1n) is 10.9. The molecule has 2 fully saturated rings. The van der Waals surface area contributed by atoms with E-state index in [4.69, 9.17) is 4.74 Å². The minimum absolute atomic E-state index is 0.167. The molecule has 1 atom stereocenters. The molecule has 0 spiro atoms. The summed E-state index contributed by atoms with van der Waals surface area (Å²) in [5, 5.41) is 7.43. The topological polar surface area (TPSA) is 76.5 Å². The monoisotopic (exact) mass is 410 g/mol. The predicted molar refractivity (Wildman–Crippen MR) is 114 cm³/mol. The van der Waals surface area contributed by atoms with E-state index < -0.39 is 6.10 Å². The van der Waals surface area contributed by atoms with Gasteiger partial charge in [-0.3, -0.25) is 9.59 Å². The fraction of sp³-hybridized carbons (Fsp3) is 0.522. The first-order valence-corrected chi connectivity index (χ1v) is 10.9. The zero-order valence-corrected chi connectivity index (χ0v) is 17.5. The number of amides is 2. The van der Waals surface area contributed by atoms with Gasteiger partial charge in [0.1, 0.15) is 5.82 Å². The highest BCUT2D eigenvalue weighted by molar-refractivity contribution is 5.94. The van der Waals surface area contributed by atoms with Crippen LogP contribution in [0.15, 0.2) is 42.6 Å². The summed E-state index contributed by atoms with van der Waals surface area (Å²) >= 11 is 0. The smallest absolute Gasteiger partial charge is 0.259 e. The maximum Gasteiger partial charge on any atom is 0.259 e. The molecule has 1 aliphatic carbocycles. The third kappa shape index (κ3) is 4.41. The summed E-state index contributed by atoms with van der Waals surface area (Å²) in [7, 11) is 1.53. The van der Waals surface area contributed by atoms with Gasteiger partial charge in [-0.25, -0.2) is 4.68 Å². The van der Waals surface area contributed by atoms with Gasteiger partial charge in [0.05, 0.1) is 12.2 Å². The van der Waals surface area contributed by atoms with E-state index in [0.717, 1.165) is 44.3 Å². The van der Waals surface area contributed by atoms with Gasteiger partial charge in [-0.2, -0.15) is 5.10 Å². The molecule has 30 heavy (non-hydrogen) atoms. The largest absolute Gasteiger partial charge is 0.367 e. The van der Waals surface area contributed by atoms with E-state index in [2.05, 4.69) is 10.4 Å². The average molecular weight is 411 g/mol. The highest BCUT2D eigenvalue weighted by Gasteiger charge is 2.31. The Balaban J connectivity index is 1.38. The van der Waals surface area contributed by atoms with E-state index in [9.17, 15) is 9.59 Å². The number of ether oxygens (including phenoxy) is 1. The van der Waals surface area contributed by atoms with Crippen LogP contribution in [0.5, 0.6) is 0 Å². The van der Waals surface area contributed by atoms with Crippen LogP contribution in [0.25, 0.3) is 0 Å². The van der Waals surface area contributed by atoms with Gasteiger partial charge in [0.25, 0.3) is 5.91 Å². The van der Waals surface area contributed by atoms with Gasteiger partial charge in [0.2, 0.25) is 5.91 Å². The molecule has 1 aromatic heterocycles. The zero-order chi connectivity index (χ0) is 20.9. The van der Waals surface area contributed by atoms with Gasteiger partial charge < -0.3 is 15.0 Å². The van der Waals surface area contributed by atoms with E-state index in [1.807, 2.05) is 46.0 Å². The van der Waals surface area contributed by atoms with Gasteiger partial charge in [0.15, 0.2) is 6.10 Å². The van der Waals surface area contributed by atoms with Crippen LogP contribution in [0.4, 0.5) is 5.82 Å². The molecule has 7 heteroatoms. The van der Waals surface area contributed by atoms with E-state index >= 15 is 0 Å². The van der Waals surface area contributed by atoms with Crippen molar-refractivity contribution in [2.75, 3.05) is 25.5 Å². The van der Waals surface area contributed by atoms with Crippen LogP contribution < -0.4 is 5.32 Å².